The minimum atomic E-state index is -2.60. The predicted molar refractivity (Wildman–Crippen MR) is 197 cm³/mol. The zero-order valence-electron chi connectivity index (χ0n) is 25.6. The summed E-state index contributed by atoms with van der Waals surface area (Å²) < 4.78 is 13.9. The van der Waals surface area contributed by atoms with E-state index in [0.717, 1.165) is 89.1 Å². The Hall–Kier alpha value is -5.28. The van der Waals surface area contributed by atoms with Crippen molar-refractivity contribution in [2.24, 2.45) is 0 Å². The fourth-order valence-corrected chi connectivity index (χ4v) is 11.3. The second-order valence-corrected chi connectivity index (χ2v) is 16.2. The van der Waals surface area contributed by atoms with E-state index in [0.29, 0.717) is 0 Å². The molecule has 0 unspecified atom stereocenters. The normalized spacial score (nSPS) is 13.4. The molecule has 7 aromatic rings. The molecule has 47 heavy (non-hydrogen) atoms. The number of hydrogen-bond donors (Lipinski definition) is 0. The van der Waals surface area contributed by atoms with Crippen LogP contribution in [-0.4, -0.2) is 4.98 Å². The van der Waals surface area contributed by atoms with E-state index in [1.165, 1.54) is 0 Å². The molecule has 2 aliphatic rings. The first-order valence-corrected chi connectivity index (χ1v) is 18.4. The standard InChI is InChI=1S/C42H28NO2PS/c1-27-11-10-24-43-39(27)31-22-20-28(21-23-31)32-25-35-42-36(26-32)45-41-34(30-14-6-3-7-15-30)17-9-19-38(41)46(42,47)37-18-8-16-33(40(37)44-35)29-12-4-2-5-13-29/h2-26H,1H3. The lowest BCUT2D eigenvalue weighted by Gasteiger charge is -2.39. The number of aryl methyl sites for hydroxylation is 1. The third-order valence-corrected chi connectivity index (χ3v) is 14.0. The minimum absolute atomic E-state index is 0.761. The fourth-order valence-electron chi connectivity index (χ4n) is 6.86. The predicted octanol–water partition coefficient (Wildman–Crippen LogP) is 10.0. The number of aromatic nitrogens is 1. The summed E-state index contributed by atoms with van der Waals surface area (Å²) in [4.78, 5) is 4.62. The summed E-state index contributed by atoms with van der Waals surface area (Å²) in [5.74, 6) is 3.18. The molecule has 0 radical (unpaired) electrons. The molecule has 0 saturated heterocycles. The van der Waals surface area contributed by atoms with Gasteiger partial charge in [0.05, 0.1) is 17.0 Å². The lowest BCUT2D eigenvalue weighted by Crippen LogP contribution is -2.35. The molecule has 224 valence electrons. The van der Waals surface area contributed by atoms with Gasteiger partial charge in [-0.25, -0.2) is 0 Å². The van der Waals surface area contributed by atoms with E-state index in [2.05, 4.69) is 139 Å². The van der Waals surface area contributed by atoms with Gasteiger partial charge in [-0.2, -0.15) is 0 Å². The lowest BCUT2D eigenvalue weighted by molar-refractivity contribution is 0.468. The number of rotatable bonds is 4. The van der Waals surface area contributed by atoms with Crippen molar-refractivity contribution in [1.29, 1.82) is 0 Å². The van der Waals surface area contributed by atoms with Gasteiger partial charge in [-0.1, -0.05) is 127 Å². The Kier molecular flexibility index (Phi) is 6.50. The number of nitrogens with zero attached hydrogens (tertiary/aromatic N) is 1. The molecule has 0 bridgehead atoms. The van der Waals surface area contributed by atoms with Crippen LogP contribution in [0.25, 0.3) is 44.6 Å². The van der Waals surface area contributed by atoms with E-state index in [9.17, 15) is 0 Å². The number of para-hydroxylation sites is 2. The summed E-state index contributed by atoms with van der Waals surface area (Å²) in [6.07, 6.45) is 1.84. The van der Waals surface area contributed by atoms with Crippen LogP contribution >= 0.6 is 6.04 Å². The van der Waals surface area contributed by atoms with Gasteiger partial charge in [0.25, 0.3) is 0 Å². The van der Waals surface area contributed by atoms with Crippen molar-refractivity contribution in [3.63, 3.8) is 0 Å². The molecular formula is C42H28NO2PS. The smallest absolute Gasteiger partial charge is 0.144 e. The summed E-state index contributed by atoms with van der Waals surface area (Å²) in [6, 6.07) is 47.9. The van der Waals surface area contributed by atoms with E-state index in [1.807, 2.05) is 24.4 Å². The largest absolute Gasteiger partial charge is 0.455 e. The molecule has 5 heteroatoms. The van der Waals surface area contributed by atoms with Gasteiger partial charge < -0.3 is 9.47 Å². The average Bonchev–Trinajstić information content (AvgIpc) is 3.12. The van der Waals surface area contributed by atoms with E-state index in [-0.39, 0.29) is 0 Å². The first kappa shape index (κ1) is 28.0. The SMILES string of the molecule is Cc1cccnc1-c1ccc(-c2cc3c4c(c2)Oc2c(-c5ccccc5)cccc2P4(=S)c2cccc(-c4ccccc4)c2O3)cc1. The number of hydrogen-bond acceptors (Lipinski definition) is 4. The van der Waals surface area contributed by atoms with E-state index in [1.54, 1.807) is 0 Å². The third-order valence-electron chi connectivity index (χ3n) is 9.12. The first-order valence-electron chi connectivity index (χ1n) is 15.6. The zero-order valence-corrected chi connectivity index (χ0v) is 27.3. The Morgan fingerprint density at radius 1 is 0.511 bits per heavy atom. The maximum absolute atomic E-state index is 6.96. The number of benzene rings is 6. The van der Waals surface area contributed by atoms with Crippen molar-refractivity contribution in [2.45, 2.75) is 6.92 Å². The van der Waals surface area contributed by atoms with Gasteiger partial charge in [-0.15, -0.1) is 0 Å². The molecule has 3 heterocycles. The highest BCUT2D eigenvalue weighted by Gasteiger charge is 2.44. The highest BCUT2D eigenvalue weighted by Crippen LogP contribution is 2.61. The van der Waals surface area contributed by atoms with Gasteiger partial charge >= 0.3 is 0 Å². The Morgan fingerprint density at radius 2 is 1.04 bits per heavy atom. The molecule has 0 aliphatic carbocycles. The highest BCUT2D eigenvalue weighted by molar-refractivity contribution is 8.26. The van der Waals surface area contributed by atoms with Crippen LogP contribution in [0.4, 0.5) is 0 Å². The van der Waals surface area contributed by atoms with Crippen LogP contribution in [0.2, 0.25) is 0 Å². The van der Waals surface area contributed by atoms with Gasteiger partial charge in [0.1, 0.15) is 23.0 Å². The summed E-state index contributed by atoms with van der Waals surface area (Å²) >= 11 is 6.96. The van der Waals surface area contributed by atoms with Crippen molar-refractivity contribution in [2.75, 3.05) is 0 Å². The monoisotopic (exact) mass is 641 g/mol. The molecule has 0 amide bonds. The summed E-state index contributed by atoms with van der Waals surface area (Å²) in [7, 11) is 0. The van der Waals surface area contributed by atoms with E-state index in [4.69, 9.17) is 21.3 Å². The van der Waals surface area contributed by atoms with Crippen LogP contribution < -0.4 is 25.4 Å². The summed E-state index contributed by atoms with van der Waals surface area (Å²) in [6.45, 7) is 2.09. The number of fused-ring (bicyclic) bond motifs is 4. The van der Waals surface area contributed by atoms with Crippen LogP contribution in [0.15, 0.2) is 152 Å². The van der Waals surface area contributed by atoms with Crippen molar-refractivity contribution in [3.05, 3.63) is 157 Å². The second-order valence-electron chi connectivity index (χ2n) is 11.9. The van der Waals surface area contributed by atoms with E-state index >= 15 is 0 Å². The molecule has 0 fully saturated rings. The molecule has 0 N–H and O–H groups in total. The van der Waals surface area contributed by atoms with Crippen LogP contribution in [0.1, 0.15) is 5.56 Å². The Balaban J connectivity index is 1.28. The number of pyridine rings is 1. The lowest BCUT2D eigenvalue weighted by atomic mass is 10.00. The minimum Gasteiger partial charge on any atom is -0.455 e. The van der Waals surface area contributed by atoms with Crippen LogP contribution in [0.5, 0.6) is 23.0 Å². The average molecular weight is 642 g/mol. The van der Waals surface area contributed by atoms with Crippen molar-refractivity contribution in [1.82, 2.24) is 4.98 Å². The summed E-state index contributed by atoms with van der Waals surface area (Å²) in [5, 5.41) is 3.09. The highest BCUT2D eigenvalue weighted by atomic mass is 32.4. The quantitative estimate of drug-likeness (QED) is 0.179. The molecule has 6 aromatic carbocycles. The molecule has 1 aromatic heterocycles. The molecule has 9 rings (SSSR count). The fraction of sp³-hybridized carbons (Fsp3) is 0.0238. The maximum atomic E-state index is 6.96. The van der Waals surface area contributed by atoms with Gasteiger partial charge in [-0.05, 0) is 65.1 Å². The molecular weight excluding hydrogens is 614 g/mol. The Labute approximate surface area is 279 Å². The van der Waals surface area contributed by atoms with Crippen molar-refractivity contribution in [3.8, 4) is 67.6 Å². The van der Waals surface area contributed by atoms with Crippen LogP contribution in [0.3, 0.4) is 0 Å². The maximum Gasteiger partial charge on any atom is 0.144 e. The molecule has 3 nitrogen and oxygen atoms in total. The summed E-state index contributed by atoms with van der Waals surface area (Å²) in [5.41, 5.74) is 9.54. The van der Waals surface area contributed by atoms with Gasteiger partial charge in [0.15, 0.2) is 0 Å². The third kappa shape index (κ3) is 4.41. The Bertz CT molecular complexity index is 2270. The first-order chi connectivity index (χ1) is 23.1. The molecule has 2 aliphatic heterocycles. The zero-order chi connectivity index (χ0) is 31.5. The van der Waals surface area contributed by atoms with Gasteiger partial charge in [0.2, 0.25) is 0 Å². The van der Waals surface area contributed by atoms with Gasteiger partial charge in [-0.3, -0.25) is 4.98 Å². The van der Waals surface area contributed by atoms with Crippen LogP contribution in [-0.2, 0) is 11.8 Å². The second kappa shape index (κ2) is 10.9. The Morgan fingerprint density at radius 3 is 1.57 bits per heavy atom. The topological polar surface area (TPSA) is 31.4 Å². The van der Waals surface area contributed by atoms with Crippen molar-refractivity contribution >= 4 is 33.8 Å². The number of ether oxygens (including phenoxy) is 2. The molecule has 0 saturated carbocycles. The van der Waals surface area contributed by atoms with Crippen molar-refractivity contribution < 1.29 is 9.47 Å². The van der Waals surface area contributed by atoms with E-state index < -0.39 is 6.04 Å². The molecule has 0 atom stereocenters. The van der Waals surface area contributed by atoms with Crippen LogP contribution in [0, 0.1) is 6.92 Å². The molecule has 0 spiro atoms. The van der Waals surface area contributed by atoms with Gasteiger partial charge in [0, 0.05) is 33.5 Å².